The van der Waals surface area contributed by atoms with E-state index in [0.717, 1.165) is 0 Å². The summed E-state index contributed by atoms with van der Waals surface area (Å²) in [6, 6.07) is 43.0. The Bertz CT molecular complexity index is 1170. The second-order valence-corrected chi connectivity index (χ2v) is 10.2. The summed E-state index contributed by atoms with van der Waals surface area (Å²) in [5.74, 6) is 0. The minimum atomic E-state index is -0.723. The van der Waals surface area contributed by atoms with Crippen LogP contribution in [-0.2, 0) is 5.62 Å². The zero-order valence-electron chi connectivity index (χ0n) is 17.1. The van der Waals surface area contributed by atoms with Crippen molar-refractivity contribution in [3.8, 4) is 44.0 Å². The van der Waals surface area contributed by atoms with Crippen molar-refractivity contribution < 1.29 is 0 Å². The molecule has 0 aliphatic heterocycles. The molecule has 0 radical (unpaired) electrons. The predicted molar refractivity (Wildman–Crippen MR) is 137 cm³/mol. The summed E-state index contributed by atoms with van der Waals surface area (Å²) in [6.07, 6.45) is 0. The molecule has 5 aromatic rings. The molecule has 0 bridgehead atoms. The van der Waals surface area contributed by atoms with Gasteiger partial charge in [0.15, 0.2) is 0 Å². The minimum absolute atomic E-state index is 0.594. The topological polar surface area (TPSA) is 0 Å². The van der Waals surface area contributed by atoms with E-state index in [9.17, 15) is 0 Å². The van der Waals surface area contributed by atoms with Crippen molar-refractivity contribution in [2.24, 2.45) is 0 Å². The molecule has 4 aromatic carbocycles. The van der Waals surface area contributed by atoms with Crippen LogP contribution in [0.2, 0.25) is 0 Å². The molecule has 0 unspecified atom stereocenters. The lowest BCUT2D eigenvalue weighted by Gasteiger charge is -2.11. The zero-order chi connectivity index (χ0) is 21.0. The molecule has 0 aliphatic rings. The highest BCUT2D eigenvalue weighted by molar-refractivity contribution is 7.57. The molecule has 0 spiro atoms. The second kappa shape index (κ2) is 8.98. The van der Waals surface area contributed by atoms with Gasteiger partial charge < -0.3 is 0 Å². The Balaban J connectivity index is 1.97. The van der Waals surface area contributed by atoms with Crippen LogP contribution >= 0.6 is 19.1 Å². The monoisotopic (exact) mass is 436 g/mol. The van der Waals surface area contributed by atoms with Crippen LogP contribution in [0.4, 0.5) is 0 Å². The highest BCUT2D eigenvalue weighted by Gasteiger charge is 2.26. The molecule has 1 aromatic heterocycles. The summed E-state index contributed by atoms with van der Waals surface area (Å²) < 4.78 is 0. The molecule has 31 heavy (non-hydrogen) atoms. The first-order chi connectivity index (χ1) is 15.4. The first-order valence-corrected chi connectivity index (χ1v) is 12.5. The second-order valence-electron chi connectivity index (χ2n) is 7.46. The van der Waals surface area contributed by atoms with Crippen molar-refractivity contribution in [1.29, 1.82) is 0 Å². The maximum atomic E-state index is 6.76. The standard InChI is InChI=1S/C29H22ClP/c30-21-31-28(24-17-9-3-10-18-24)26(22-13-5-1-6-14-22)27(23-15-7-2-8-16-23)29(31)25-19-11-4-12-20-25/h1-20H,21H2. The third kappa shape index (κ3) is 3.74. The molecule has 1 heterocycles. The van der Waals surface area contributed by atoms with E-state index in [1.807, 2.05) is 0 Å². The van der Waals surface area contributed by atoms with Crippen LogP contribution in [0.5, 0.6) is 0 Å². The fourth-order valence-electron chi connectivity index (χ4n) is 4.30. The van der Waals surface area contributed by atoms with Crippen LogP contribution in [0, 0.1) is 0 Å². The quantitative estimate of drug-likeness (QED) is 0.240. The van der Waals surface area contributed by atoms with E-state index in [1.54, 1.807) is 0 Å². The molecule has 0 atom stereocenters. The van der Waals surface area contributed by atoms with Gasteiger partial charge in [-0.2, -0.15) is 0 Å². The Labute approximate surface area is 189 Å². The molecule has 150 valence electrons. The Morgan fingerprint density at radius 1 is 0.419 bits per heavy atom. The van der Waals surface area contributed by atoms with Crippen molar-refractivity contribution in [3.05, 3.63) is 121 Å². The number of halogens is 1. The van der Waals surface area contributed by atoms with Crippen molar-refractivity contribution in [3.63, 3.8) is 0 Å². The van der Waals surface area contributed by atoms with Gasteiger partial charge in [-0.15, -0.1) is 11.6 Å². The molecule has 0 aliphatic carbocycles. The van der Waals surface area contributed by atoms with Crippen LogP contribution in [0.25, 0.3) is 44.0 Å². The van der Waals surface area contributed by atoms with E-state index in [0.29, 0.717) is 5.62 Å². The van der Waals surface area contributed by atoms with Gasteiger partial charge in [-0.25, -0.2) is 0 Å². The number of hydrogen-bond acceptors (Lipinski definition) is 0. The average Bonchev–Trinajstić information content (AvgIpc) is 3.21. The van der Waals surface area contributed by atoms with Crippen LogP contribution < -0.4 is 0 Å². The molecule has 0 nitrogen and oxygen atoms in total. The highest BCUT2D eigenvalue weighted by Crippen LogP contribution is 2.62. The average molecular weight is 437 g/mol. The molecule has 0 amide bonds. The van der Waals surface area contributed by atoms with Gasteiger partial charge >= 0.3 is 0 Å². The number of rotatable bonds is 5. The first-order valence-electron chi connectivity index (χ1n) is 10.4. The lowest BCUT2D eigenvalue weighted by Crippen LogP contribution is -1.85. The Morgan fingerprint density at radius 2 is 0.710 bits per heavy atom. The van der Waals surface area contributed by atoms with E-state index in [-0.39, 0.29) is 0 Å². The molecular weight excluding hydrogens is 415 g/mol. The summed E-state index contributed by atoms with van der Waals surface area (Å²) >= 11 is 6.76. The van der Waals surface area contributed by atoms with Crippen molar-refractivity contribution in [2.45, 2.75) is 5.62 Å². The first kappa shape index (κ1) is 19.9. The van der Waals surface area contributed by atoms with E-state index < -0.39 is 7.53 Å². The predicted octanol–water partition coefficient (Wildman–Crippen LogP) is 9.54. The van der Waals surface area contributed by atoms with Crippen LogP contribution in [0.15, 0.2) is 121 Å². The van der Waals surface area contributed by atoms with Crippen LogP contribution in [0.3, 0.4) is 0 Å². The smallest absolute Gasteiger partial charge is 0.0619 e. The Kier molecular flexibility index (Phi) is 5.76. The summed E-state index contributed by atoms with van der Waals surface area (Å²) in [7, 11) is -0.723. The number of benzene rings is 4. The maximum absolute atomic E-state index is 6.76. The van der Waals surface area contributed by atoms with Gasteiger partial charge in [0.1, 0.15) is 0 Å². The van der Waals surface area contributed by atoms with Gasteiger partial charge in [0.25, 0.3) is 0 Å². The molecule has 2 heteroatoms. The molecular formula is C29H22ClP. The van der Waals surface area contributed by atoms with Gasteiger partial charge in [0.2, 0.25) is 0 Å². The van der Waals surface area contributed by atoms with E-state index >= 15 is 0 Å². The van der Waals surface area contributed by atoms with Gasteiger partial charge in [0.05, 0.1) is 5.62 Å². The van der Waals surface area contributed by atoms with Gasteiger partial charge in [-0.3, -0.25) is 0 Å². The molecule has 0 fully saturated rings. The third-order valence-electron chi connectivity index (χ3n) is 5.60. The van der Waals surface area contributed by atoms with Crippen molar-refractivity contribution in [2.75, 3.05) is 0 Å². The fourth-order valence-corrected chi connectivity index (χ4v) is 7.43. The lowest BCUT2D eigenvalue weighted by molar-refractivity contribution is 1.61. The molecule has 0 saturated carbocycles. The molecule has 0 N–H and O–H groups in total. The summed E-state index contributed by atoms with van der Waals surface area (Å²) in [4.78, 5) is 0. The summed E-state index contributed by atoms with van der Waals surface area (Å²) in [6.45, 7) is 0. The Morgan fingerprint density at radius 3 is 1.00 bits per heavy atom. The largest absolute Gasteiger partial charge is 0.117 e. The SMILES string of the molecule is ClCp1c(-c2ccccc2)c(-c2ccccc2)c(-c2ccccc2)c1-c1ccccc1. The van der Waals surface area contributed by atoms with E-state index in [2.05, 4.69) is 121 Å². The minimum Gasteiger partial charge on any atom is -0.117 e. The van der Waals surface area contributed by atoms with Gasteiger partial charge in [-0.1, -0.05) is 129 Å². The maximum Gasteiger partial charge on any atom is 0.0619 e. The van der Waals surface area contributed by atoms with Crippen molar-refractivity contribution in [1.82, 2.24) is 0 Å². The molecule has 0 saturated heterocycles. The van der Waals surface area contributed by atoms with E-state index in [4.69, 9.17) is 11.6 Å². The number of alkyl halides is 1. The van der Waals surface area contributed by atoms with Crippen molar-refractivity contribution >= 4 is 19.1 Å². The van der Waals surface area contributed by atoms with Gasteiger partial charge in [-0.05, 0) is 22.3 Å². The Hall–Kier alpha value is -3.05. The lowest BCUT2D eigenvalue weighted by atomic mass is 9.91. The normalized spacial score (nSPS) is 10.9. The summed E-state index contributed by atoms with van der Waals surface area (Å²) in [5.41, 5.74) is 8.20. The zero-order valence-corrected chi connectivity index (χ0v) is 18.7. The van der Waals surface area contributed by atoms with E-state index in [1.165, 1.54) is 44.0 Å². The third-order valence-corrected chi connectivity index (χ3v) is 8.60. The summed E-state index contributed by atoms with van der Waals surface area (Å²) in [5, 5.41) is 2.74. The van der Waals surface area contributed by atoms with Crippen LogP contribution in [0.1, 0.15) is 0 Å². The number of hydrogen-bond donors (Lipinski definition) is 0. The molecule has 5 rings (SSSR count). The van der Waals surface area contributed by atoms with Crippen LogP contribution in [-0.4, -0.2) is 0 Å². The fraction of sp³-hybridized carbons (Fsp3) is 0.0345. The van der Waals surface area contributed by atoms with Gasteiger partial charge in [0, 0.05) is 21.7 Å². The highest BCUT2D eigenvalue weighted by atomic mass is 35.5.